The highest BCUT2D eigenvalue weighted by molar-refractivity contribution is 7.12. The molecule has 4 heteroatoms. The van der Waals surface area contributed by atoms with Crippen molar-refractivity contribution >= 4 is 27.9 Å². The summed E-state index contributed by atoms with van der Waals surface area (Å²) >= 11 is 1.70. The zero-order valence-corrected chi connectivity index (χ0v) is 12.3. The van der Waals surface area contributed by atoms with Gasteiger partial charge in [-0.15, -0.1) is 11.3 Å². The number of hydrogen-bond acceptors (Lipinski definition) is 3. The molecule has 0 aliphatic heterocycles. The van der Waals surface area contributed by atoms with Crippen molar-refractivity contribution in [2.75, 3.05) is 5.73 Å². The van der Waals surface area contributed by atoms with Crippen molar-refractivity contribution in [3.63, 3.8) is 0 Å². The molecule has 3 nitrogen and oxygen atoms in total. The summed E-state index contributed by atoms with van der Waals surface area (Å²) in [7, 11) is 0. The smallest absolute Gasteiger partial charge is 0.260 e. The van der Waals surface area contributed by atoms with Crippen molar-refractivity contribution < 1.29 is 0 Å². The molecule has 0 aliphatic carbocycles. The molecule has 102 valence electrons. The molecule has 1 atom stereocenters. The van der Waals surface area contributed by atoms with E-state index in [-0.39, 0.29) is 11.6 Å². The minimum absolute atomic E-state index is 0.0286. The van der Waals surface area contributed by atoms with E-state index in [1.165, 1.54) is 4.88 Å². The third kappa shape index (κ3) is 2.02. The molecule has 3 aromatic rings. The Hall–Kier alpha value is -2.07. The van der Waals surface area contributed by atoms with Crippen LogP contribution in [0.15, 0.2) is 47.3 Å². The average Bonchev–Trinajstić information content (AvgIpc) is 2.85. The number of nitrogens with two attached hydrogens (primary N) is 1. The largest absolute Gasteiger partial charge is 0.385 e. The molecular formula is C16H16N2OS. The van der Waals surface area contributed by atoms with E-state index in [2.05, 4.69) is 19.1 Å². The molecule has 1 unspecified atom stereocenters. The van der Waals surface area contributed by atoms with Gasteiger partial charge >= 0.3 is 0 Å². The van der Waals surface area contributed by atoms with Gasteiger partial charge in [-0.05, 0) is 43.5 Å². The van der Waals surface area contributed by atoms with Gasteiger partial charge < -0.3 is 5.73 Å². The first-order valence-corrected chi connectivity index (χ1v) is 7.35. The number of fused-ring (bicyclic) bond motifs is 1. The highest BCUT2D eigenvalue weighted by Gasteiger charge is 2.15. The molecular weight excluding hydrogens is 268 g/mol. The summed E-state index contributed by atoms with van der Waals surface area (Å²) in [6.07, 6.45) is 0. The molecule has 0 amide bonds. The predicted molar refractivity (Wildman–Crippen MR) is 85.5 cm³/mol. The van der Waals surface area contributed by atoms with E-state index in [9.17, 15) is 4.79 Å². The van der Waals surface area contributed by atoms with E-state index in [1.807, 2.05) is 37.3 Å². The topological polar surface area (TPSA) is 48.0 Å². The van der Waals surface area contributed by atoms with Crippen LogP contribution in [0.1, 0.15) is 22.7 Å². The molecule has 2 aromatic heterocycles. The SMILES string of the molecule is Cc1ccc(C(C)n2c(N)cc3ccccc3c2=O)s1. The average molecular weight is 284 g/mol. The lowest BCUT2D eigenvalue weighted by Gasteiger charge is -2.17. The van der Waals surface area contributed by atoms with Crippen LogP contribution < -0.4 is 11.3 Å². The standard InChI is InChI=1S/C16H16N2OS/c1-10-7-8-14(20-10)11(2)18-15(17)9-12-5-3-4-6-13(12)16(18)19/h3-9,11H,17H2,1-2H3. The van der Waals surface area contributed by atoms with Crippen molar-refractivity contribution in [3.8, 4) is 0 Å². The molecule has 0 saturated heterocycles. The lowest BCUT2D eigenvalue weighted by molar-refractivity contribution is 0.640. The number of nitrogen functional groups attached to an aromatic ring is 1. The second kappa shape index (κ2) is 4.80. The number of hydrogen-bond donors (Lipinski definition) is 1. The van der Waals surface area contributed by atoms with Gasteiger partial charge in [0.25, 0.3) is 5.56 Å². The van der Waals surface area contributed by atoms with Crippen LogP contribution in [0.4, 0.5) is 5.82 Å². The number of thiophene rings is 1. The van der Waals surface area contributed by atoms with Crippen LogP contribution in [-0.4, -0.2) is 4.57 Å². The molecule has 0 saturated carbocycles. The maximum atomic E-state index is 12.7. The van der Waals surface area contributed by atoms with Gasteiger partial charge in [0.2, 0.25) is 0 Å². The van der Waals surface area contributed by atoms with Crippen LogP contribution in [0.5, 0.6) is 0 Å². The minimum atomic E-state index is -0.0502. The minimum Gasteiger partial charge on any atom is -0.385 e. The second-order valence-electron chi connectivity index (χ2n) is 4.96. The lowest BCUT2D eigenvalue weighted by Crippen LogP contribution is -2.26. The molecule has 0 fully saturated rings. The zero-order chi connectivity index (χ0) is 14.3. The van der Waals surface area contributed by atoms with Crippen LogP contribution in [-0.2, 0) is 0 Å². The Morgan fingerprint density at radius 2 is 1.95 bits per heavy atom. The van der Waals surface area contributed by atoms with Crippen molar-refractivity contribution in [3.05, 3.63) is 62.6 Å². The molecule has 0 bridgehead atoms. The van der Waals surface area contributed by atoms with E-state index in [4.69, 9.17) is 5.73 Å². The Bertz CT molecular complexity index is 832. The van der Waals surface area contributed by atoms with Crippen LogP contribution in [0.25, 0.3) is 10.8 Å². The first-order valence-electron chi connectivity index (χ1n) is 6.54. The van der Waals surface area contributed by atoms with Gasteiger partial charge in [0.15, 0.2) is 0 Å². The highest BCUT2D eigenvalue weighted by atomic mass is 32.1. The number of aromatic nitrogens is 1. The van der Waals surface area contributed by atoms with Crippen LogP contribution in [0.2, 0.25) is 0 Å². The van der Waals surface area contributed by atoms with Crippen LogP contribution in [0, 0.1) is 6.92 Å². The summed E-state index contributed by atoms with van der Waals surface area (Å²) in [5.41, 5.74) is 6.07. The van der Waals surface area contributed by atoms with Crippen molar-refractivity contribution in [2.45, 2.75) is 19.9 Å². The van der Waals surface area contributed by atoms with Gasteiger partial charge in [0.1, 0.15) is 5.82 Å². The molecule has 2 heterocycles. The molecule has 2 N–H and O–H groups in total. The summed E-state index contributed by atoms with van der Waals surface area (Å²) in [6.45, 7) is 4.07. The molecule has 20 heavy (non-hydrogen) atoms. The van der Waals surface area contributed by atoms with Crippen molar-refractivity contribution in [1.29, 1.82) is 0 Å². The Labute approximate surface area is 121 Å². The van der Waals surface area contributed by atoms with E-state index in [0.717, 1.165) is 10.3 Å². The third-order valence-electron chi connectivity index (χ3n) is 3.55. The van der Waals surface area contributed by atoms with Gasteiger partial charge in [0, 0.05) is 15.1 Å². The highest BCUT2D eigenvalue weighted by Crippen LogP contribution is 2.27. The quantitative estimate of drug-likeness (QED) is 0.782. The van der Waals surface area contributed by atoms with Gasteiger partial charge in [-0.3, -0.25) is 9.36 Å². The summed E-state index contributed by atoms with van der Waals surface area (Å²) in [5, 5.41) is 1.60. The zero-order valence-electron chi connectivity index (χ0n) is 11.5. The molecule has 0 spiro atoms. The van der Waals surface area contributed by atoms with Crippen LogP contribution in [0.3, 0.4) is 0 Å². The number of aryl methyl sites for hydroxylation is 1. The van der Waals surface area contributed by atoms with Crippen LogP contribution >= 0.6 is 11.3 Å². The molecule has 1 aromatic carbocycles. The van der Waals surface area contributed by atoms with Gasteiger partial charge in [-0.2, -0.15) is 0 Å². The lowest BCUT2D eigenvalue weighted by atomic mass is 10.1. The van der Waals surface area contributed by atoms with E-state index in [0.29, 0.717) is 11.2 Å². The second-order valence-corrected chi connectivity index (χ2v) is 6.28. The maximum Gasteiger partial charge on any atom is 0.260 e. The fourth-order valence-corrected chi connectivity index (χ4v) is 3.42. The normalized spacial score (nSPS) is 12.7. The monoisotopic (exact) mass is 284 g/mol. The Kier molecular flexibility index (Phi) is 3.10. The fourth-order valence-electron chi connectivity index (χ4n) is 2.50. The predicted octanol–water partition coefficient (Wildman–Crippen LogP) is 3.56. The summed E-state index contributed by atoms with van der Waals surface area (Å²) < 4.78 is 1.67. The first-order chi connectivity index (χ1) is 9.58. The Morgan fingerprint density at radius 1 is 1.20 bits per heavy atom. The van der Waals surface area contributed by atoms with Crippen molar-refractivity contribution in [2.24, 2.45) is 0 Å². The molecule has 0 aliphatic rings. The number of nitrogens with zero attached hydrogens (tertiary/aromatic N) is 1. The maximum absolute atomic E-state index is 12.7. The molecule has 3 rings (SSSR count). The fraction of sp³-hybridized carbons (Fsp3) is 0.188. The number of benzene rings is 1. The summed E-state index contributed by atoms with van der Waals surface area (Å²) in [6, 6.07) is 13.5. The summed E-state index contributed by atoms with van der Waals surface area (Å²) in [5.74, 6) is 0.507. The van der Waals surface area contributed by atoms with Gasteiger partial charge in [-0.25, -0.2) is 0 Å². The Morgan fingerprint density at radius 3 is 2.65 bits per heavy atom. The number of anilines is 1. The van der Waals surface area contributed by atoms with E-state index >= 15 is 0 Å². The number of rotatable bonds is 2. The van der Waals surface area contributed by atoms with Crippen molar-refractivity contribution in [1.82, 2.24) is 4.57 Å². The van der Waals surface area contributed by atoms with Gasteiger partial charge in [0.05, 0.1) is 6.04 Å². The number of pyridine rings is 1. The third-order valence-corrected chi connectivity index (χ3v) is 4.72. The van der Waals surface area contributed by atoms with Gasteiger partial charge in [-0.1, -0.05) is 18.2 Å². The van der Waals surface area contributed by atoms with E-state index in [1.54, 1.807) is 15.9 Å². The summed E-state index contributed by atoms with van der Waals surface area (Å²) in [4.78, 5) is 15.0. The Balaban J connectivity index is 2.23. The molecule has 0 radical (unpaired) electrons. The first kappa shape index (κ1) is 12.9. The van der Waals surface area contributed by atoms with E-state index < -0.39 is 0 Å².